The largest absolute Gasteiger partial charge is 0.393 e. The van der Waals surface area contributed by atoms with Crippen LogP contribution in [-0.2, 0) is 0 Å². The molecule has 0 aromatic carbocycles. The van der Waals surface area contributed by atoms with E-state index in [1.165, 1.54) is 20.2 Å². The second-order valence-corrected chi connectivity index (χ2v) is 4.02. The van der Waals surface area contributed by atoms with Gasteiger partial charge in [0.15, 0.2) is 0 Å². The van der Waals surface area contributed by atoms with Gasteiger partial charge in [0.1, 0.15) is 11.3 Å². The second-order valence-electron chi connectivity index (χ2n) is 4.02. The quantitative estimate of drug-likeness (QED) is 0.560. The third kappa shape index (κ3) is 4.01. The number of hydrogen-bond acceptors (Lipinski definition) is 5. The number of pyridine rings is 1. The molecule has 0 bridgehead atoms. The third-order valence-corrected chi connectivity index (χ3v) is 2.23. The first-order valence-corrected chi connectivity index (χ1v) is 5.24. The van der Waals surface area contributed by atoms with E-state index < -0.39 is 5.60 Å². The van der Waals surface area contributed by atoms with E-state index in [0.717, 1.165) is 0 Å². The van der Waals surface area contributed by atoms with E-state index in [2.05, 4.69) is 15.6 Å². The van der Waals surface area contributed by atoms with Gasteiger partial charge in [-0.15, -0.1) is 0 Å². The number of nitrogens with zero attached hydrogens (tertiary/aromatic N) is 1. The summed E-state index contributed by atoms with van der Waals surface area (Å²) in [6, 6.07) is 3.26. The fourth-order valence-electron chi connectivity index (χ4n) is 1.14. The number of nitrogens with one attached hydrogen (secondary N) is 2. The van der Waals surface area contributed by atoms with Crippen molar-refractivity contribution in [2.75, 3.05) is 25.5 Å². The summed E-state index contributed by atoms with van der Waals surface area (Å²) in [6.07, 6.45) is 1.50. The average molecular weight is 239 g/mol. The summed E-state index contributed by atoms with van der Waals surface area (Å²) in [6.45, 7) is 1.36. The summed E-state index contributed by atoms with van der Waals surface area (Å²) in [5.74, 6) is -0.275. The van der Waals surface area contributed by atoms with Crippen molar-refractivity contribution in [2.45, 2.75) is 12.5 Å². The first-order valence-electron chi connectivity index (χ1n) is 5.24. The first kappa shape index (κ1) is 13.4. The fourth-order valence-corrected chi connectivity index (χ4v) is 1.14. The number of aromatic nitrogens is 1. The standard InChI is InChI=1S/C11H17N3O3/c1-11(17,7-15)6-14-8-3-4-13-9(5-8)10(16)12-2/h3-5,15,17H,6-7H2,1-2H3,(H,12,16)(H,13,14). The van der Waals surface area contributed by atoms with Crippen molar-refractivity contribution in [2.24, 2.45) is 0 Å². The highest BCUT2D eigenvalue weighted by molar-refractivity contribution is 5.92. The Hall–Kier alpha value is -1.66. The van der Waals surface area contributed by atoms with Crippen molar-refractivity contribution in [1.29, 1.82) is 0 Å². The van der Waals surface area contributed by atoms with Gasteiger partial charge in [-0.2, -0.15) is 0 Å². The lowest BCUT2D eigenvalue weighted by Crippen LogP contribution is -2.37. The Morgan fingerprint density at radius 2 is 2.29 bits per heavy atom. The minimum atomic E-state index is -1.20. The molecule has 0 aliphatic heterocycles. The SMILES string of the molecule is CNC(=O)c1cc(NCC(C)(O)CO)ccn1. The summed E-state index contributed by atoms with van der Waals surface area (Å²) in [5.41, 5.74) is -0.246. The predicted octanol–water partition coefficient (Wildman–Crippen LogP) is -0.404. The van der Waals surface area contributed by atoms with Gasteiger partial charge in [-0.1, -0.05) is 0 Å². The Morgan fingerprint density at radius 3 is 2.88 bits per heavy atom. The summed E-state index contributed by atoms with van der Waals surface area (Å²) < 4.78 is 0. The molecule has 1 unspecified atom stereocenters. The van der Waals surface area contributed by atoms with Gasteiger partial charge in [0.25, 0.3) is 5.91 Å². The highest BCUT2D eigenvalue weighted by atomic mass is 16.3. The zero-order valence-corrected chi connectivity index (χ0v) is 9.90. The molecule has 0 aliphatic rings. The van der Waals surface area contributed by atoms with Crippen LogP contribution < -0.4 is 10.6 Å². The van der Waals surface area contributed by atoms with Crippen LogP contribution in [0.3, 0.4) is 0 Å². The van der Waals surface area contributed by atoms with Crippen LogP contribution in [0.15, 0.2) is 18.3 Å². The molecular formula is C11H17N3O3. The molecule has 0 saturated heterocycles. The average Bonchev–Trinajstić information content (AvgIpc) is 2.36. The van der Waals surface area contributed by atoms with Gasteiger partial charge in [-0.25, -0.2) is 0 Å². The molecule has 1 atom stereocenters. The van der Waals surface area contributed by atoms with Gasteiger partial charge >= 0.3 is 0 Å². The lowest BCUT2D eigenvalue weighted by atomic mass is 10.1. The van der Waals surface area contributed by atoms with Crippen molar-refractivity contribution in [1.82, 2.24) is 10.3 Å². The van der Waals surface area contributed by atoms with Crippen LogP contribution in [0.2, 0.25) is 0 Å². The molecule has 6 nitrogen and oxygen atoms in total. The van der Waals surface area contributed by atoms with E-state index in [0.29, 0.717) is 11.4 Å². The van der Waals surface area contributed by atoms with Crippen LogP contribution in [0.5, 0.6) is 0 Å². The second kappa shape index (κ2) is 5.60. The van der Waals surface area contributed by atoms with E-state index in [1.54, 1.807) is 12.1 Å². The van der Waals surface area contributed by atoms with E-state index >= 15 is 0 Å². The normalized spacial score (nSPS) is 13.9. The molecule has 4 N–H and O–H groups in total. The van der Waals surface area contributed by atoms with Crippen LogP contribution in [0.1, 0.15) is 17.4 Å². The van der Waals surface area contributed by atoms with Crippen molar-refractivity contribution in [3.05, 3.63) is 24.0 Å². The Bertz CT molecular complexity index is 393. The molecule has 1 aromatic heterocycles. The lowest BCUT2D eigenvalue weighted by Gasteiger charge is -2.21. The van der Waals surface area contributed by atoms with Gasteiger partial charge < -0.3 is 20.8 Å². The van der Waals surface area contributed by atoms with Gasteiger partial charge in [0, 0.05) is 25.5 Å². The Labute approximate surface area is 99.7 Å². The molecule has 0 spiro atoms. The van der Waals surface area contributed by atoms with Crippen LogP contribution in [0.25, 0.3) is 0 Å². The number of carbonyl (C=O) groups is 1. The van der Waals surface area contributed by atoms with Crippen LogP contribution >= 0.6 is 0 Å². The lowest BCUT2D eigenvalue weighted by molar-refractivity contribution is 0.0132. The van der Waals surface area contributed by atoms with Crippen molar-refractivity contribution >= 4 is 11.6 Å². The molecule has 94 valence electrons. The number of hydrogen-bond donors (Lipinski definition) is 4. The summed E-state index contributed by atoms with van der Waals surface area (Å²) >= 11 is 0. The maximum Gasteiger partial charge on any atom is 0.269 e. The van der Waals surface area contributed by atoms with E-state index in [4.69, 9.17) is 5.11 Å². The first-order chi connectivity index (χ1) is 7.98. The third-order valence-electron chi connectivity index (χ3n) is 2.23. The molecule has 0 radical (unpaired) electrons. The minimum absolute atomic E-state index is 0.181. The number of amides is 1. The number of carbonyl (C=O) groups excluding carboxylic acids is 1. The van der Waals surface area contributed by atoms with Crippen LogP contribution in [0.4, 0.5) is 5.69 Å². The predicted molar refractivity (Wildman–Crippen MR) is 63.8 cm³/mol. The number of anilines is 1. The number of aliphatic hydroxyl groups is 2. The van der Waals surface area contributed by atoms with Crippen LogP contribution in [-0.4, -0.2) is 46.9 Å². The molecule has 0 saturated carbocycles. The van der Waals surface area contributed by atoms with Gasteiger partial charge in [-0.05, 0) is 19.1 Å². The van der Waals surface area contributed by atoms with Crippen molar-refractivity contribution < 1.29 is 15.0 Å². The molecule has 0 fully saturated rings. The van der Waals surface area contributed by atoms with Gasteiger partial charge in [-0.3, -0.25) is 9.78 Å². The Kier molecular flexibility index (Phi) is 4.42. The summed E-state index contributed by atoms with van der Waals surface area (Å²) in [4.78, 5) is 15.2. The fraction of sp³-hybridized carbons (Fsp3) is 0.455. The maximum atomic E-state index is 11.3. The van der Waals surface area contributed by atoms with Gasteiger partial charge in [0.05, 0.1) is 6.61 Å². The molecule has 0 aliphatic carbocycles. The number of rotatable bonds is 5. The minimum Gasteiger partial charge on any atom is -0.393 e. The molecule has 1 amide bonds. The summed E-state index contributed by atoms with van der Waals surface area (Å²) in [5, 5.41) is 23.9. The zero-order valence-electron chi connectivity index (χ0n) is 9.90. The van der Waals surface area contributed by atoms with Crippen molar-refractivity contribution in [3.8, 4) is 0 Å². The van der Waals surface area contributed by atoms with Crippen molar-refractivity contribution in [3.63, 3.8) is 0 Å². The summed E-state index contributed by atoms with van der Waals surface area (Å²) in [7, 11) is 1.53. The monoisotopic (exact) mass is 239 g/mol. The smallest absolute Gasteiger partial charge is 0.269 e. The molecule has 1 aromatic rings. The van der Waals surface area contributed by atoms with E-state index in [-0.39, 0.29) is 19.1 Å². The molecular weight excluding hydrogens is 222 g/mol. The van der Waals surface area contributed by atoms with E-state index in [1.807, 2.05) is 0 Å². The Morgan fingerprint density at radius 1 is 1.59 bits per heavy atom. The molecule has 17 heavy (non-hydrogen) atoms. The Balaban J connectivity index is 2.70. The van der Waals surface area contributed by atoms with E-state index in [9.17, 15) is 9.90 Å². The van der Waals surface area contributed by atoms with Crippen LogP contribution in [0, 0.1) is 0 Å². The zero-order chi connectivity index (χ0) is 12.9. The molecule has 1 heterocycles. The van der Waals surface area contributed by atoms with Gasteiger partial charge in [0.2, 0.25) is 0 Å². The highest BCUT2D eigenvalue weighted by Gasteiger charge is 2.18. The topological polar surface area (TPSA) is 94.5 Å². The molecule has 6 heteroatoms. The maximum absolute atomic E-state index is 11.3. The highest BCUT2D eigenvalue weighted by Crippen LogP contribution is 2.10. The number of aliphatic hydroxyl groups excluding tert-OH is 1. The molecule has 1 rings (SSSR count).